The number of benzene rings is 1. The summed E-state index contributed by atoms with van der Waals surface area (Å²) in [5.41, 5.74) is 9.99. The molecule has 0 aromatic heterocycles. The Morgan fingerprint density at radius 1 is 1.20 bits per heavy atom. The number of hydrogen-bond donors (Lipinski definition) is 1. The highest BCUT2D eigenvalue weighted by Crippen LogP contribution is 2.40. The van der Waals surface area contributed by atoms with Gasteiger partial charge < -0.3 is 5.73 Å². The van der Waals surface area contributed by atoms with Crippen molar-refractivity contribution in [3.05, 3.63) is 29.8 Å². The van der Waals surface area contributed by atoms with Gasteiger partial charge in [-0.15, -0.1) is 0 Å². The molecule has 1 heterocycles. The van der Waals surface area contributed by atoms with Crippen molar-refractivity contribution >= 4 is 11.4 Å². The van der Waals surface area contributed by atoms with Crippen molar-refractivity contribution in [2.45, 2.75) is 31.7 Å². The first-order valence-electron chi connectivity index (χ1n) is 5.78. The van der Waals surface area contributed by atoms with Crippen molar-refractivity contribution in [3.63, 3.8) is 0 Å². The van der Waals surface area contributed by atoms with Crippen molar-refractivity contribution in [2.75, 3.05) is 0 Å². The average molecular weight is 200 g/mol. The zero-order valence-corrected chi connectivity index (χ0v) is 8.82. The van der Waals surface area contributed by atoms with Gasteiger partial charge in [0.2, 0.25) is 0 Å². The van der Waals surface area contributed by atoms with Gasteiger partial charge >= 0.3 is 0 Å². The Kier molecular flexibility index (Phi) is 2.10. The molecule has 2 aliphatic rings. The van der Waals surface area contributed by atoms with E-state index in [0.29, 0.717) is 5.92 Å². The fraction of sp³-hybridized carbons (Fsp3) is 0.462. The topological polar surface area (TPSA) is 38.4 Å². The minimum atomic E-state index is 0.175. The van der Waals surface area contributed by atoms with Crippen LogP contribution in [0.3, 0.4) is 0 Å². The summed E-state index contributed by atoms with van der Waals surface area (Å²) < 4.78 is 0. The van der Waals surface area contributed by atoms with Gasteiger partial charge in [0.25, 0.3) is 0 Å². The minimum absolute atomic E-state index is 0.175. The SMILES string of the molecule is NC1c2ccccc2N=C2CCCCC21. The molecule has 1 aromatic carbocycles. The smallest absolute Gasteiger partial charge is 0.0677 e. The number of rotatable bonds is 0. The van der Waals surface area contributed by atoms with Crippen LogP contribution in [0.4, 0.5) is 5.69 Å². The molecule has 3 rings (SSSR count). The van der Waals surface area contributed by atoms with E-state index >= 15 is 0 Å². The van der Waals surface area contributed by atoms with Gasteiger partial charge in [0.1, 0.15) is 0 Å². The summed E-state index contributed by atoms with van der Waals surface area (Å²) in [6.45, 7) is 0. The summed E-state index contributed by atoms with van der Waals surface area (Å²) in [5.74, 6) is 0.508. The molecule has 0 saturated heterocycles. The normalized spacial score (nSPS) is 29.0. The lowest BCUT2D eigenvalue weighted by Crippen LogP contribution is -2.33. The molecule has 0 radical (unpaired) electrons. The number of para-hydroxylation sites is 1. The van der Waals surface area contributed by atoms with E-state index < -0.39 is 0 Å². The van der Waals surface area contributed by atoms with Crippen LogP contribution >= 0.6 is 0 Å². The first-order valence-corrected chi connectivity index (χ1v) is 5.78. The molecule has 78 valence electrons. The predicted molar refractivity (Wildman–Crippen MR) is 62.4 cm³/mol. The van der Waals surface area contributed by atoms with E-state index in [0.717, 1.165) is 12.1 Å². The second-order valence-electron chi connectivity index (χ2n) is 4.54. The van der Waals surface area contributed by atoms with Crippen molar-refractivity contribution in [2.24, 2.45) is 16.6 Å². The fourth-order valence-electron chi connectivity index (χ4n) is 2.79. The standard InChI is InChI=1S/C13H16N2/c14-13-9-5-1-3-7-11(9)15-12-8-4-2-6-10(12)13/h1,3,5,7,10,13H,2,4,6,8,14H2. The molecular weight excluding hydrogens is 184 g/mol. The quantitative estimate of drug-likeness (QED) is 0.687. The van der Waals surface area contributed by atoms with E-state index in [1.54, 1.807) is 0 Å². The van der Waals surface area contributed by atoms with Crippen LogP contribution in [0, 0.1) is 5.92 Å². The maximum atomic E-state index is 6.32. The van der Waals surface area contributed by atoms with Gasteiger partial charge in [0.15, 0.2) is 0 Å². The maximum absolute atomic E-state index is 6.32. The first-order chi connectivity index (χ1) is 7.36. The third kappa shape index (κ3) is 1.40. The van der Waals surface area contributed by atoms with Crippen LogP contribution in [-0.4, -0.2) is 5.71 Å². The molecule has 1 aliphatic carbocycles. The summed E-state index contributed by atoms with van der Waals surface area (Å²) >= 11 is 0. The summed E-state index contributed by atoms with van der Waals surface area (Å²) in [6, 6.07) is 8.47. The van der Waals surface area contributed by atoms with Gasteiger partial charge in [-0.05, 0) is 30.9 Å². The monoisotopic (exact) mass is 200 g/mol. The van der Waals surface area contributed by atoms with Gasteiger partial charge in [0.05, 0.1) is 5.69 Å². The number of aliphatic imine (C=N–C) groups is 1. The lowest BCUT2D eigenvalue weighted by Gasteiger charge is -2.33. The van der Waals surface area contributed by atoms with Crippen molar-refractivity contribution in [3.8, 4) is 0 Å². The molecule has 2 nitrogen and oxygen atoms in total. The second-order valence-corrected chi connectivity index (χ2v) is 4.54. The Hall–Kier alpha value is -1.15. The molecular formula is C13H16N2. The van der Waals surface area contributed by atoms with Crippen molar-refractivity contribution in [1.29, 1.82) is 0 Å². The molecule has 2 N–H and O–H groups in total. The number of nitrogens with two attached hydrogens (primary N) is 1. The predicted octanol–water partition coefficient (Wildman–Crippen LogP) is 2.96. The zero-order valence-electron chi connectivity index (χ0n) is 8.82. The molecule has 1 aromatic rings. The molecule has 2 atom stereocenters. The molecule has 1 fully saturated rings. The number of fused-ring (bicyclic) bond motifs is 2. The van der Waals surface area contributed by atoms with E-state index in [2.05, 4.69) is 18.2 Å². The Balaban J connectivity index is 2.09. The lowest BCUT2D eigenvalue weighted by molar-refractivity contribution is 0.449. The maximum Gasteiger partial charge on any atom is 0.0677 e. The summed E-state index contributed by atoms with van der Waals surface area (Å²) in [6.07, 6.45) is 4.95. The molecule has 2 unspecified atom stereocenters. The van der Waals surface area contributed by atoms with Gasteiger partial charge in [-0.2, -0.15) is 0 Å². The van der Waals surface area contributed by atoms with Gasteiger partial charge in [-0.1, -0.05) is 24.6 Å². The molecule has 0 amide bonds. The van der Waals surface area contributed by atoms with E-state index in [-0.39, 0.29) is 6.04 Å². The molecule has 1 aliphatic heterocycles. The highest BCUT2D eigenvalue weighted by Gasteiger charge is 2.31. The molecule has 0 spiro atoms. The molecule has 1 saturated carbocycles. The highest BCUT2D eigenvalue weighted by molar-refractivity contribution is 5.92. The summed E-state index contributed by atoms with van der Waals surface area (Å²) in [4.78, 5) is 4.75. The molecule has 15 heavy (non-hydrogen) atoms. The van der Waals surface area contributed by atoms with Crippen LogP contribution in [0.25, 0.3) is 0 Å². The summed E-state index contributed by atoms with van der Waals surface area (Å²) in [7, 11) is 0. The highest BCUT2D eigenvalue weighted by atomic mass is 14.8. The van der Waals surface area contributed by atoms with Crippen LogP contribution in [-0.2, 0) is 0 Å². The summed E-state index contributed by atoms with van der Waals surface area (Å²) in [5, 5.41) is 0. The Labute approximate surface area is 90.2 Å². The van der Waals surface area contributed by atoms with E-state index in [9.17, 15) is 0 Å². The lowest BCUT2D eigenvalue weighted by atomic mass is 9.77. The molecule has 2 heteroatoms. The van der Waals surface area contributed by atoms with Crippen LogP contribution in [0.5, 0.6) is 0 Å². The van der Waals surface area contributed by atoms with E-state index in [4.69, 9.17) is 10.7 Å². The minimum Gasteiger partial charge on any atom is -0.323 e. The Morgan fingerprint density at radius 3 is 3.00 bits per heavy atom. The number of hydrogen-bond acceptors (Lipinski definition) is 2. The Morgan fingerprint density at radius 2 is 2.07 bits per heavy atom. The van der Waals surface area contributed by atoms with Gasteiger partial charge in [-0.25, -0.2) is 0 Å². The van der Waals surface area contributed by atoms with Crippen LogP contribution < -0.4 is 5.73 Å². The number of nitrogens with zero attached hydrogens (tertiary/aromatic N) is 1. The third-order valence-corrected chi connectivity index (χ3v) is 3.62. The Bertz CT molecular complexity index is 409. The van der Waals surface area contributed by atoms with Crippen molar-refractivity contribution in [1.82, 2.24) is 0 Å². The van der Waals surface area contributed by atoms with Gasteiger partial charge in [-0.3, -0.25) is 4.99 Å². The molecule has 0 bridgehead atoms. The first kappa shape index (κ1) is 9.10. The van der Waals surface area contributed by atoms with Crippen molar-refractivity contribution < 1.29 is 0 Å². The van der Waals surface area contributed by atoms with E-state index in [1.807, 2.05) is 6.07 Å². The second kappa shape index (κ2) is 3.46. The fourth-order valence-corrected chi connectivity index (χ4v) is 2.79. The van der Waals surface area contributed by atoms with Crippen LogP contribution in [0.1, 0.15) is 37.3 Å². The van der Waals surface area contributed by atoms with Crippen LogP contribution in [0.15, 0.2) is 29.3 Å². The third-order valence-electron chi connectivity index (χ3n) is 3.62. The van der Waals surface area contributed by atoms with Crippen LogP contribution in [0.2, 0.25) is 0 Å². The average Bonchev–Trinajstić information content (AvgIpc) is 2.30. The van der Waals surface area contributed by atoms with Gasteiger partial charge in [0, 0.05) is 17.7 Å². The largest absolute Gasteiger partial charge is 0.323 e. The van der Waals surface area contributed by atoms with E-state index in [1.165, 1.54) is 30.5 Å². The zero-order chi connectivity index (χ0) is 10.3.